The molecule has 0 heterocycles. The molecule has 0 saturated heterocycles. The molecule has 0 bridgehead atoms. The highest BCUT2D eigenvalue weighted by Crippen LogP contribution is 2.14. The monoisotopic (exact) mass is 371 g/mol. The molecule has 2 aromatic carbocycles. The summed E-state index contributed by atoms with van der Waals surface area (Å²) in [5, 5.41) is 2.86. The topological polar surface area (TPSA) is 29.1 Å². The highest BCUT2D eigenvalue weighted by atomic mass is 127. The molecule has 2 nitrogen and oxygen atoms in total. The molecule has 0 aliphatic rings. The Morgan fingerprint density at radius 2 is 1.89 bits per heavy atom. The molecule has 0 aliphatic carbocycles. The van der Waals surface area contributed by atoms with Crippen LogP contribution in [-0.4, -0.2) is 5.91 Å². The number of amides is 1. The lowest BCUT2D eigenvalue weighted by atomic mass is 10.1. The van der Waals surface area contributed by atoms with Gasteiger partial charge >= 0.3 is 0 Å². The van der Waals surface area contributed by atoms with Gasteiger partial charge in [0.15, 0.2) is 0 Å². The van der Waals surface area contributed by atoms with E-state index in [9.17, 15) is 4.79 Å². The van der Waals surface area contributed by atoms with Crippen molar-refractivity contribution in [3.63, 3.8) is 0 Å². The van der Waals surface area contributed by atoms with E-state index in [0.717, 1.165) is 14.8 Å². The van der Waals surface area contributed by atoms with Crippen molar-refractivity contribution in [1.29, 1.82) is 0 Å². The predicted molar refractivity (Wildman–Crippen MR) is 83.1 cm³/mol. The van der Waals surface area contributed by atoms with E-state index in [2.05, 4.69) is 27.9 Å². The number of halogens is 2. The first-order valence-corrected chi connectivity index (χ1v) is 7.02. The molecule has 1 N–H and O–H groups in total. The fourth-order valence-corrected chi connectivity index (χ4v) is 2.24. The van der Waals surface area contributed by atoms with Crippen LogP contribution in [0, 0.1) is 3.57 Å². The first kappa shape index (κ1) is 13.4. The number of rotatable bonds is 3. The number of hydrogen-bond acceptors (Lipinski definition) is 1. The lowest BCUT2D eigenvalue weighted by Crippen LogP contribution is -2.11. The van der Waals surface area contributed by atoms with Crippen molar-refractivity contribution in [3.8, 4) is 0 Å². The van der Waals surface area contributed by atoms with E-state index in [1.807, 2.05) is 36.4 Å². The van der Waals surface area contributed by atoms with Crippen LogP contribution in [0.4, 0.5) is 5.69 Å². The Morgan fingerprint density at radius 1 is 1.17 bits per heavy atom. The molecule has 2 aromatic rings. The summed E-state index contributed by atoms with van der Waals surface area (Å²) < 4.78 is 1.09. The first-order valence-electron chi connectivity index (χ1n) is 5.41. The van der Waals surface area contributed by atoms with Crippen LogP contribution < -0.4 is 5.32 Å². The van der Waals surface area contributed by atoms with Crippen LogP contribution in [0.1, 0.15) is 15.9 Å². The zero-order valence-electron chi connectivity index (χ0n) is 9.49. The lowest BCUT2D eigenvalue weighted by molar-refractivity contribution is 0.102. The predicted octanol–water partition coefficient (Wildman–Crippen LogP) is 4.28. The minimum absolute atomic E-state index is 0.113. The smallest absolute Gasteiger partial charge is 0.255 e. The van der Waals surface area contributed by atoms with Crippen LogP contribution in [-0.2, 0) is 5.88 Å². The summed E-state index contributed by atoms with van der Waals surface area (Å²) >= 11 is 7.91. The minimum atomic E-state index is -0.113. The van der Waals surface area contributed by atoms with Gasteiger partial charge in [0.25, 0.3) is 5.91 Å². The third-order valence-corrected chi connectivity index (χ3v) is 3.43. The number of anilines is 1. The standard InChI is InChI=1S/C14H11ClINO/c15-9-10-4-6-11(7-5-10)14(18)17-13-3-1-2-12(16)8-13/h1-8H,9H2,(H,17,18). The van der Waals surface area contributed by atoms with Crippen molar-refractivity contribution in [1.82, 2.24) is 0 Å². The molecular weight excluding hydrogens is 361 g/mol. The van der Waals surface area contributed by atoms with Gasteiger partial charge < -0.3 is 5.32 Å². The van der Waals surface area contributed by atoms with E-state index >= 15 is 0 Å². The van der Waals surface area contributed by atoms with E-state index in [0.29, 0.717) is 11.4 Å². The molecule has 2 rings (SSSR count). The summed E-state index contributed by atoms with van der Waals surface area (Å²) in [6.45, 7) is 0. The maximum Gasteiger partial charge on any atom is 0.255 e. The van der Waals surface area contributed by atoms with Gasteiger partial charge in [-0.05, 0) is 58.5 Å². The van der Waals surface area contributed by atoms with Gasteiger partial charge in [0.05, 0.1) is 0 Å². The number of carbonyl (C=O) groups excluding carboxylic acids is 1. The third kappa shape index (κ3) is 3.46. The van der Waals surface area contributed by atoms with E-state index in [1.165, 1.54) is 0 Å². The molecule has 0 unspecified atom stereocenters. The van der Waals surface area contributed by atoms with Gasteiger partial charge in [0.2, 0.25) is 0 Å². The van der Waals surface area contributed by atoms with Gasteiger partial charge in [-0.25, -0.2) is 0 Å². The van der Waals surface area contributed by atoms with Crippen molar-refractivity contribution in [2.24, 2.45) is 0 Å². The molecule has 0 saturated carbocycles. The molecule has 0 aliphatic heterocycles. The second-order valence-corrected chi connectivity index (χ2v) is 5.31. The SMILES string of the molecule is O=C(Nc1cccc(I)c1)c1ccc(CCl)cc1. The summed E-state index contributed by atoms with van der Waals surface area (Å²) in [6.07, 6.45) is 0. The number of alkyl halides is 1. The van der Waals surface area contributed by atoms with Gasteiger partial charge in [0, 0.05) is 20.7 Å². The third-order valence-electron chi connectivity index (χ3n) is 2.45. The van der Waals surface area contributed by atoms with E-state index in [4.69, 9.17) is 11.6 Å². The molecule has 1 amide bonds. The Hall–Kier alpha value is -1.07. The Morgan fingerprint density at radius 3 is 2.50 bits per heavy atom. The summed E-state index contributed by atoms with van der Waals surface area (Å²) in [5.41, 5.74) is 2.43. The zero-order chi connectivity index (χ0) is 13.0. The quantitative estimate of drug-likeness (QED) is 0.633. The minimum Gasteiger partial charge on any atom is -0.322 e. The second-order valence-electron chi connectivity index (χ2n) is 3.80. The first-order chi connectivity index (χ1) is 8.69. The Kier molecular flexibility index (Phi) is 4.60. The molecule has 0 aromatic heterocycles. The van der Waals surface area contributed by atoms with Crippen molar-refractivity contribution >= 4 is 45.8 Å². The van der Waals surface area contributed by atoms with Crippen molar-refractivity contribution in [2.45, 2.75) is 5.88 Å². The molecule has 0 fully saturated rings. The maximum atomic E-state index is 12.0. The Labute approximate surface area is 124 Å². The number of carbonyl (C=O) groups is 1. The van der Waals surface area contributed by atoms with Crippen molar-refractivity contribution < 1.29 is 4.79 Å². The van der Waals surface area contributed by atoms with Crippen LogP contribution in [0.3, 0.4) is 0 Å². The normalized spacial score (nSPS) is 10.1. The Balaban J connectivity index is 2.11. The highest BCUT2D eigenvalue weighted by Gasteiger charge is 2.05. The fourth-order valence-electron chi connectivity index (χ4n) is 1.51. The van der Waals surface area contributed by atoms with Gasteiger partial charge in [-0.2, -0.15) is 0 Å². The molecule has 0 atom stereocenters. The average Bonchev–Trinajstić information content (AvgIpc) is 2.39. The van der Waals surface area contributed by atoms with Crippen molar-refractivity contribution in [3.05, 3.63) is 63.2 Å². The van der Waals surface area contributed by atoms with E-state index in [1.54, 1.807) is 12.1 Å². The summed E-state index contributed by atoms with van der Waals surface area (Å²) in [4.78, 5) is 12.0. The molecular formula is C14H11ClINO. The highest BCUT2D eigenvalue weighted by molar-refractivity contribution is 14.1. The van der Waals surface area contributed by atoms with Gasteiger partial charge in [-0.15, -0.1) is 11.6 Å². The average molecular weight is 372 g/mol. The van der Waals surface area contributed by atoms with Crippen LogP contribution in [0.2, 0.25) is 0 Å². The molecule has 4 heteroatoms. The Bertz CT molecular complexity index is 554. The maximum absolute atomic E-state index is 12.0. The van der Waals surface area contributed by atoms with Crippen molar-refractivity contribution in [2.75, 3.05) is 5.32 Å². The van der Waals surface area contributed by atoms with Gasteiger partial charge in [-0.1, -0.05) is 18.2 Å². The van der Waals surface area contributed by atoms with Gasteiger partial charge in [0.1, 0.15) is 0 Å². The fraction of sp³-hybridized carbons (Fsp3) is 0.0714. The molecule has 0 spiro atoms. The zero-order valence-corrected chi connectivity index (χ0v) is 12.4. The largest absolute Gasteiger partial charge is 0.322 e. The number of nitrogens with one attached hydrogen (secondary N) is 1. The van der Waals surface area contributed by atoms with Crippen LogP contribution in [0.25, 0.3) is 0 Å². The van der Waals surface area contributed by atoms with Crippen LogP contribution in [0.5, 0.6) is 0 Å². The summed E-state index contributed by atoms with van der Waals surface area (Å²) in [5.74, 6) is 0.344. The van der Waals surface area contributed by atoms with Gasteiger partial charge in [-0.3, -0.25) is 4.79 Å². The van der Waals surface area contributed by atoms with Crippen LogP contribution in [0.15, 0.2) is 48.5 Å². The summed E-state index contributed by atoms with van der Waals surface area (Å²) in [7, 11) is 0. The van der Waals surface area contributed by atoms with Crippen LogP contribution >= 0.6 is 34.2 Å². The molecule has 18 heavy (non-hydrogen) atoms. The summed E-state index contributed by atoms with van der Waals surface area (Å²) in [6, 6.07) is 15.0. The lowest BCUT2D eigenvalue weighted by Gasteiger charge is -2.06. The van der Waals surface area contributed by atoms with E-state index in [-0.39, 0.29) is 5.91 Å². The number of hydrogen-bond donors (Lipinski definition) is 1. The van der Waals surface area contributed by atoms with E-state index < -0.39 is 0 Å². The molecule has 0 radical (unpaired) electrons. The number of benzene rings is 2. The molecule has 92 valence electrons. The second kappa shape index (κ2) is 6.20.